The van der Waals surface area contributed by atoms with Crippen molar-refractivity contribution >= 4 is 69.8 Å². The fraction of sp³-hybridized carbons (Fsp3) is 0.429. The number of thiazole rings is 1. The number of carbonyl (C=O) groups excluding carboxylic acids is 3. The van der Waals surface area contributed by atoms with Gasteiger partial charge in [0, 0.05) is 18.5 Å². The first-order chi connectivity index (χ1) is 21.1. The summed E-state index contributed by atoms with van der Waals surface area (Å²) < 4.78 is 5.75. The molecule has 0 bridgehead atoms. The first kappa shape index (κ1) is 31.5. The molecule has 1 aliphatic carbocycles. The maximum absolute atomic E-state index is 12.9. The fourth-order valence-corrected chi connectivity index (χ4v) is 5.67. The Morgan fingerprint density at radius 3 is 2.57 bits per heavy atom. The number of ether oxygens (including phenoxy) is 1. The highest BCUT2D eigenvalue weighted by molar-refractivity contribution is 7.17. The van der Waals surface area contributed by atoms with Gasteiger partial charge in [0.15, 0.2) is 17.3 Å². The second-order valence-electron chi connectivity index (χ2n) is 10.8. The van der Waals surface area contributed by atoms with Crippen molar-refractivity contribution in [3.63, 3.8) is 0 Å². The Bertz CT molecular complexity index is 1520. The maximum Gasteiger partial charge on any atom is 0.272 e. The van der Waals surface area contributed by atoms with Gasteiger partial charge in [0.25, 0.3) is 11.8 Å². The number of amides is 3. The number of para-hydroxylation sites is 1. The molecule has 12 nitrogen and oxygen atoms in total. The number of likely N-dealkylation sites (tertiary alicyclic amines) is 1. The lowest BCUT2D eigenvalue weighted by molar-refractivity contribution is -0.117. The van der Waals surface area contributed by atoms with Crippen LogP contribution in [0.3, 0.4) is 0 Å². The third-order valence-electron chi connectivity index (χ3n) is 7.12. The summed E-state index contributed by atoms with van der Waals surface area (Å²) in [5.74, 6) is -0.677. The van der Waals surface area contributed by atoms with Crippen LogP contribution < -0.4 is 26.0 Å². The Morgan fingerprint density at radius 2 is 1.86 bits per heavy atom. The summed E-state index contributed by atoms with van der Waals surface area (Å²) in [4.78, 5) is 45.4. The standard InChI is InChI=1S/C28H31B3N8O4S/c1-43-23-17(27-33-15-20(44-27)25(41)32-10-5-13-39-11-2-3-12-39)6-4-7-18(23)34-19-14-21(35-24(40)16-8-9-16)37-38-22(19)26(42)36-28(29,30)31/h4,6-7,14-16H,2-3,5,8-13H2,1H3,(H,32,41)(H,36,42)(H2,34,35,37,40). The van der Waals surface area contributed by atoms with Crippen LogP contribution in [-0.2, 0) is 4.79 Å². The number of benzene rings is 1. The van der Waals surface area contributed by atoms with Crippen molar-refractivity contribution < 1.29 is 19.1 Å². The summed E-state index contributed by atoms with van der Waals surface area (Å²) in [6.45, 7) is 3.81. The predicted molar refractivity (Wildman–Crippen MR) is 171 cm³/mol. The molecule has 222 valence electrons. The van der Waals surface area contributed by atoms with E-state index in [-0.39, 0.29) is 34.9 Å². The number of anilines is 3. The van der Waals surface area contributed by atoms with Gasteiger partial charge in [-0.3, -0.25) is 14.4 Å². The lowest BCUT2D eigenvalue weighted by Gasteiger charge is -2.23. The molecule has 3 aromatic rings. The van der Waals surface area contributed by atoms with E-state index in [0.29, 0.717) is 33.4 Å². The van der Waals surface area contributed by atoms with Gasteiger partial charge >= 0.3 is 0 Å². The highest BCUT2D eigenvalue weighted by Gasteiger charge is 2.30. The molecule has 1 saturated heterocycles. The Hall–Kier alpha value is -3.91. The monoisotopic (exact) mass is 608 g/mol. The van der Waals surface area contributed by atoms with E-state index in [1.807, 2.05) is 6.07 Å². The molecule has 0 atom stereocenters. The van der Waals surface area contributed by atoms with Gasteiger partial charge in [-0.15, -0.1) is 21.5 Å². The average molecular weight is 608 g/mol. The second-order valence-corrected chi connectivity index (χ2v) is 11.9. The Labute approximate surface area is 263 Å². The summed E-state index contributed by atoms with van der Waals surface area (Å²) in [5.41, 5.74) is 1.08. The molecule has 6 radical (unpaired) electrons. The zero-order valence-corrected chi connectivity index (χ0v) is 25.2. The highest BCUT2D eigenvalue weighted by Crippen LogP contribution is 2.40. The third-order valence-corrected chi connectivity index (χ3v) is 8.15. The molecule has 3 amide bonds. The van der Waals surface area contributed by atoms with Gasteiger partial charge in [0.1, 0.15) is 9.88 Å². The number of nitrogens with zero attached hydrogens (tertiary/aromatic N) is 4. The van der Waals surface area contributed by atoms with Crippen LogP contribution in [0.15, 0.2) is 30.5 Å². The number of hydrogen-bond acceptors (Lipinski definition) is 10. The zero-order chi connectivity index (χ0) is 31.3. The van der Waals surface area contributed by atoms with E-state index >= 15 is 0 Å². The van der Waals surface area contributed by atoms with Gasteiger partial charge in [-0.05, 0) is 63.9 Å². The van der Waals surface area contributed by atoms with Crippen LogP contribution in [0, 0.1) is 5.92 Å². The number of carbonyl (C=O) groups is 3. The maximum atomic E-state index is 12.9. The van der Waals surface area contributed by atoms with Crippen molar-refractivity contribution in [2.75, 3.05) is 43.9 Å². The molecule has 2 aromatic heterocycles. The molecular formula is C28H31B3N8O4S. The van der Waals surface area contributed by atoms with Crippen molar-refractivity contribution in [2.45, 2.75) is 37.3 Å². The Morgan fingerprint density at radius 1 is 1.09 bits per heavy atom. The van der Waals surface area contributed by atoms with Gasteiger partial charge < -0.3 is 30.9 Å². The van der Waals surface area contributed by atoms with Crippen LogP contribution >= 0.6 is 11.3 Å². The molecule has 4 N–H and O–H groups in total. The fourth-order valence-electron chi connectivity index (χ4n) is 4.82. The van der Waals surface area contributed by atoms with E-state index in [0.717, 1.165) is 38.9 Å². The van der Waals surface area contributed by atoms with Crippen molar-refractivity contribution in [3.8, 4) is 16.3 Å². The van der Waals surface area contributed by atoms with E-state index in [1.165, 1.54) is 43.6 Å². The smallest absolute Gasteiger partial charge is 0.272 e. The normalized spacial score (nSPS) is 15.0. The van der Waals surface area contributed by atoms with Gasteiger partial charge in [0.05, 0.1) is 53.8 Å². The van der Waals surface area contributed by atoms with Crippen LogP contribution in [0.1, 0.15) is 52.3 Å². The first-order valence-corrected chi connectivity index (χ1v) is 15.2. The minimum atomic E-state index is -2.00. The van der Waals surface area contributed by atoms with Crippen LogP contribution in [0.4, 0.5) is 17.2 Å². The SMILES string of the molecule is [B]C([B])([B])NC(=O)c1nnc(NC(=O)C2CC2)cc1Nc1cccc(-c2ncc(C(=O)NCCCN3CCCC3)s2)c1OC. The van der Waals surface area contributed by atoms with Crippen LogP contribution in [0.25, 0.3) is 10.6 Å². The second kappa shape index (κ2) is 13.8. The van der Waals surface area contributed by atoms with E-state index in [4.69, 9.17) is 28.3 Å². The average Bonchev–Trinajstić information content (AvgIpc) is 3.48. The molecule has 0 spiro atoms. The quantitative estimate of drug-likeness (QED) is 0.168. The number of aromatic nitrogens is 3. The van der Waals surface area contributed by atoms with Gasteiger partial charge in [0.2, 0.25) is 5.91 Å². The lowest BCUT2D eigenvalue weighted by Crippen LogP contribution is -2.50. The van der Waals surface area contributed by atoms with Gasteiger partial charge in [-0.25, -0.2) is 4.98 Å². The number of nitrogens with one attached hydrogen (secondary N) is 4. The number of methoxy groups -OCH3 is 1. The summed E-state index contributed by atoms with van der Waals surface area (Å²) in [5, 5.41) is 17.6. The zero-order valence-electron chi connectivity index (χ0n) is 24.4. The topological polar surface area (TPSA) is 150 Å². The van der Waals surface area contributed by atoms with E-state index in [2.05, 4.69) is 41.3 Å². The molecule has 16 heteroatoms. The van der Waals surface area contributed by atoms with Crippen LogP contribution in [0.2, 0.25) is 0 Å². The minimum Gasteiger partial charge on any atom is -0.494 e. The molecule has 0 unspecified atom stereocenters. The third kappa shape index (κ3) is 8.17. The molecule has 2 fully saturated rings. The minimum absolute atomic E-state index is 0.0690. The summed E-state index contributed by atoms with van der Waals surface area (Å²) >= 11 is 1.24. The molecular weight excluding hydrogens is 577 g/mol. The molecule has 1 aromatic carbocycles. The van der Waals surface area contributed by atoms with Crippen molar-refractivity contribution in [3.05, 3.63) is 41.0 Å². The van der Waals surface area contributed by atoms with E-state index in [1.54, 1.807) is 12.1 Å². The molecule has 3 heterocycles. The summed E-state index contributed by atoms with van der Waals surface area (Å²) in [6, 6.07) is 6.78. The van der Waals surface area contributed by atoms with Crippen LogP contribution in [-0.4, -0.2) is 99.9 Å². The van der Waals surface area contributed by atoms with E-state index < -0.39 is 11.1 Å². The molecule has 2 aliphatic rings. The van der Waals surface area contributed by atoms with Crippen molar-refractivity contribution in [2.24, 2.45) is 5.92 Å². The Kier molecular flexibility index (Phi) is 9.89. The van der Waals surface area contributed by atoms with E-state index in [9.17, 15) is 14.4 Å². The van der Waals surface area contributed by atoms with Gasteiger partial charge in [-0.1, -0.05) is 11.3 Å². The molecule has 44 heavy (non-hydrogen) atoms. The van der Waals surface area contributed by atoms with Crippen LogP contribution in [0.5, 0.6) is 5.75 Å². The predicted octanol–water partition coefficient (Wildman–Crippen LogP) is 1.76. The summed E-state index contributed by atoms with van der Waals surface area (Å²) in [6.07, 6.45) is 6.51. The highest BCUT2D eigenvalue weighted by atomic mass is 32.1. The first-order valence-electron chi connectivity index (χ1n) is 14.4. The van der Waals surface area contributed by atoms with Crippen molar-refractivity contribution in [1.29, 1.82) is 0 Å². The molecule has 5 rings (SSSR count). The van der Waals surface area contributed by atoms with Crippen molar-refractivity contribution in [1.82, 2.24) is 30.7 Å². The molecule has 1 saturated carbocycles. The number of rotatable bonds is 13. The Balaban J connectivity index is 1.35. The summed E-state index contributed by atoms with van der Waals surface area (Å²) in [7, 11) is 18.2. The van der Waals surface area contributed by atoms with Gasteiger partial charge in [-0.2, -0.15) is 0 Å². The largest absolute Gasteiger partial charge is 0.494 e. The number of hydrogen-bond donors (Lipinski definition) is 4. The molecule has 1 aliphatic heterocycles. The lowest BCUT2D eigenvalue weighted by atomic mass is 9.49.